The van der Waals surface area contributed by atoms with Crippen LogP contribution in [-0.4, -0.2) is 4.57 Å². The minimum absolute atomic E-state index is 0.0397. The van der Waals surface area contributed by atoms with Gasteiger partial charge in [-0.25, -0.2) is 0 Å². The summed E-state index contributed by atoms with van der Waals surface area (Å²) in [6.07, 6.45) is 0. The average molecular weight is 676 g/mol. The number of para-hydroxylation sites is 1. The van der Waals surface area contributed by atoms with Crippen LogP contribution in [0.2, 0.25) is 0 Å². The Morgan fingerprint density at radius 3 is 1.75 bits per heavy atom. The summed E-state index contributed by atoms with van der Waals surface area (Å²) in [7, 11) is 2.17. The van der Waals surface area contributed by atoms with Gasteiger partial charge in [-0.1, -0.05) is 147 Å². The van der Waals surface area contributed by atoms with E-state index < -0.39 is 0 Å². The van der Waals surface area contributed by atoms with E-state index >= 15 is 0 Å². The maximum atomic E-state index is 2.47. The molecule has 0 unspecified atom stereocenters. The number of hydrogen-bond acceptors (Lipinski definition) is 0. The highest BCUT2D eigenvalue weighted by atomic mass is 14.9. The van der Waals surface area contributed by atoms with Gasteiger partial charge in [0.2, 0.25) is 0 Å². The highest BCUT2D eigenvalue weighted by Gasteiger charge is 2.35. The number of rotatable bonds is 3. The number of fused-ring (bicyclic) bond motifs is 9. The predicted molar refractivity (Wildman–Crippen MR) is 227 cm³/mol. The Morgan fingerprint density at radius 2 is 0.906 bits per heavy atom. The van der Waals surface area contributed by atoms with Crippen molar-refractivity contribution in [3.05, 3.63) is 181 Å². The fourth-order valence-electron chi connectivity index (χ4n) is 9.55. The minimum Gasteiger partial charge on any atom is -0.344 e. The Labute approximate surface area is 309 Å². The molecule has 53 heavy (non-hydrogen) atoms. The summed E-state index contributed by atoms with van der Waals surface area (Å²) in [5, 5.41) is 10.2. The van der Waals surface area contributed by atoms with Gasteiger partial charge in [0.05, 0.1) is 0 Å². The van der Waals surface area contributed by atoms with E-state index in [2.05, 4.69) is 195 Å². The van der Waals surface area contributed by atoms with Crippen LogP contribution in [0, 0.1) is 0 Å². The summed E-state index contributed by atoms with van der Waals surface area (Å²) in [6, 6.07) is 63.7. The van der Waals surface area contributed by atoms with Crippen molar-refractivity contribution in [1.29, 1.82) is 0 Å². The summed E-state index contributed by atoms with van der Waals surface area (Å²) in [4.78, 5) is 0. The highest BCUT2D eigenvalue weighted by Crippen LogP contribution is 2.51. The van der Waals surface area contributed by atoms with E-state index in [0.29, 0.717) is 0 Å². The smallest absolute Gasteiger partial charge is 0.0489 e. The SMILES string of the molecule is Cn1c2ccccc2c2cc(-c3c4ccccc4c(-c4ccc5c(c4)-c4ccccc4C5(C)C)c4cc(-c5ccc6ccccc6c5)ccc34)ccc21. The van der Waals surface area contributed by atoms with Gasteiger partial charge >= 0.3 is 0 Å². The van der Waals surface area contributed by atoms with Gasteiger partial charge in [-0.15, -0.1) is 0 Å². The molecule has 0 amide bonds. The standard InChI is InChI=1S/C52H37N/c1-52(2)46-18-10-8-14-38(46)43-30-36(23-26-47(43)52)51-41-17-7-6-16-40(41)50(37-24-27-49-44(31-37)39-15-9-11-19-48(39)53(49)3)42-25-22-35(29-45(42)51)34-21-20-32-12-4-5-13-33(32)28-34/h4-31H,1-3H3. The Morgan fingerprint density at radius 1 is 0.358 bits per heavy atom. The fraction of sp³-hybridized carbons (Fsp3) is 0.0769. The summed E-state index contributed by atoms with van der Waals surface area (Å²) < 4.78 is 2.32. The molecule has 10 aromatic rings. The third-order valence-corrected chi connectivity index (χ3v) is 12.2. The van der Waals surface area contributed by atoms with Gasteiger partial charge in [0.1, 0.15) is 0 Å². The molecular weight excluding hydrogens is 639 g/mol. The van der Waals surface area contributed by atoms with Gasteiger partial charge in [-0.3, -0.25) is 0 Å². The minimum atomic E-state index is -0.0397. The van der Waals surface area contributed by atoms with E-state index in [1.54, 1.807) is 0 Å². The molecule has 11 rings (SSSR count). The Balaban J connectivity index is 1.23. The van der Waals surface area contributed by atoms with E-state index in [4.69, 9.17) is 0 Å². The lowest BCUT2D eigenvalue weighted by molar-refractivity contribution is 0.660. The molecule has 1 heteroatoms. The van der Waals surface area contributed by atoms with Gasteiger partial charge in [0.25, 0.3) is 0 Å². The van der Waals surface area contributed by atoms with Crippen molar-refractivity contribution in [3.8, 4) is 44.5 Å². The van der Waals surface area contributed by atoms with Crippen molar-refractivity contribution in [3.63, 3.8) is 0 Å². The van der Waals surface area contributed by atoms with Gasteiger partial charge in [0.15, 0.2) is 0 Å². The van der Waals surface area contributed by atoms with E-state index in [1.165, 1.54) is 110 Å². The summed E-state index contributed by atoms with van der Waals surface area (Å²) >= 11 is 0. The zero-order valence-electron chi connectivity index (χ0n) is 30.1. The maximum Gasteiger partial charge on any atom is 0.0489 e. The molecule has 1 nitrogen and oxygen atoms in total. The molecule has 1 heterocycles. The van der Waals surface area contributed by atoms with E-state index in [1.807, 2.05) is 0 Å². The first kappa shape index (κ1) is 30.2. The zero-order valence-corrected chi connectivity index (χ0v) is 30.1. The van der Waals surface area contributed by atoms with Crippen LogP contribution >= 0.6 is 0 Å². The van der Waals surface area contributed by atoms with Crippen LogP contribution in [-0.2, 0) is 12.5 Å². The van der Waals surface area contributed by atoms with E-state index in [9.17, 15) is 0 Å². The summed E-state index contributed by atoms with van der Waals surface area (Å²) in [5.74, 6) is 0. The molecule has 1 aromatic heterocycles. The molecule has 0 atom stereocenters. The molecule has 0 spiro atoms. The van der Waals surface area contributed by atoms with Crippen LogP contribution in [0.1, 0.15) is 25.0 Å². The van der Waals surface area contributed by atoms with E-state index in [-0.39, 0.29) is 5.41 Å². The average Bonchev–Trinajstić information content (AvgIpc) is 3.62. The number of nitrogens with zero attached hydrogens (tertiary/aromatic N) is 1. The van der Waals surface area contributed by atoms with Crippen LogP contribution in [0.3, 0.4) is 0 Å². The molecule has 250 valence electrons. The molecule has 0 bridgehead atoms. The second-order valence-corrected chi connectivity index (χ2v) is 15.4. The highest BCUT2D eigenvalue weighted by molar-refractivity contribution is 6.23. The number of aromatic nitrogens is 1. The molecule has 0 N–H and O–H groups in total. The molecule has 0 saturated heterocycles. The first-order chi connectivity index (χ1) is 26.0. The van der Waals surface area contributed by atoms with Crippen LogP contribution in [0.25, 0.3) is 98.6 Å². The lowest BCUT2D eigenvalue weighted by atomic mass is 9.81. The van der Waals surface area contributed by atoms with Crippen molar-refractivity contribution in [2.45, 2.75) is 19.3 Å². The third kappa shape index (κ3) is 4.31. The molecule has 0 saturated carbocycles. The van der Waals surface area contributed by atoms with Crippen LogP contribution in [0.15, 0.2) is 170 Å². The maximum absolute atomic E-state index is 2.47. The molecule has 0 fully saturated rings. The molecule has 0 radical (unpaired) electrons. The first-order valence-electron chi connectivity index (χ1n) is 18.7. The number of aryl methyl sites for hydroxylation is 1. The zero-order chi connectivity index (χ0) is 35.4. The lowest BCUT2D eigenvalue weighted by Gasteiger charge is -2.22. The summed E-state index contributed by atoms with van der Waals surface area (Å²) in [5.41, 5.74) is 15.5. The second kappa shape index (κ2) is 11.0. The Bertz CT molecular complexity index is 3150. The van der Waals surface area contributed by atoms with Gasteiger partial charge in [-0.05, 0) is 124 Å². The van der Waals surface area contributed by atoms with Gasteiger partial charge in [0, 0.05) is 34.3 Å². The Kier molecular flexibility index (Phi) is 6.29. The van der Waals surface area contributed by atoms with E-state index in [0.717, 1.165) is 0 Å². The monoisotopic (exact) mass is 675 g/mol. The lowest BCUT2D eigenvalue weighted by Crippen LogP contribution is -2.14. The van der Waals surface area contributed by atoms with Crippen molar-refractivity contribution >= 4 is 54.1 Å². The van der Waals surface area contributed by atoms with Gasteiger partial charge < -0.3 is 4.57 Å². The first-order valence-corrected chi connectivity index (χ1v) is 18.7. The van der Waals surface area contributed by atoms with Crippen LogP contribution in [0.4, 0.5) is 0 Å². The van der Waals surface area contributed by atoms with Crippen LogP contribution in [0.5, 0.6) is 0 Å². The third-order valence-electron chi connectivity index (χ3n) is 12.2. The largest absolute Gasteiger partial charge is 0.344 e. The predicted octanol–water partition coefficient (Wildman–Crippen LogP) is 14.1. The fourth-order valence-corrected chi connectivity index (χ4v) is 9.55. The van der Waals surface area contributed by atoms with Crippen molar-refractivity contribution in [1.82, 2.24) is 4.57 Å². The molecule has 0 aliphatic heterocycles. The topological polar surface area (TPSA) is 4.93 Å². The van der Waals surface area contributed by atoms with Crippen molar-refractivity contribution < 1.29 is 0 Å². The molecule has 9 aromatic carbocycles. The second-order valence-electron chi connectivity index (χ2n) is 15.4. The van der Waals surface area contributed by atoms with Crippen LogP contribution < -0.4 is 0 Å². The molecule has 1 aliphatic rings. The van der Waals surface area contributed by atoms with Crippen molar-refractivity contribution in [2.24, 2.45) is 7.05 Å². The Hall–Kier alpha value is -6.44. The normalized spacial score (nSPS) is 13.3. The molecule has 1 aliphatic carbocycles. The van der Waals surface area contributed by atoms with Gasteiger partial charge in [-0.2, -0.15) is 0 Å². The summed E-state index contributed by atoms with van der Waals surface area (Å²) in [6.45, 7) is 4.72. The number of benzene rings is 9. The number of hydrogen-bond donors (Lipinski definition) is 0. The van der Waals surface area contributed by atoms with Crippen molar-refractivity contribution in [2.75, 3.05) is 0 Å². The molecular formula is C52H37N. The quantitative estimate of drug-likeness (QED) is 0.164.